The van der Waals surface area contributed by atoms with Crippen molar-refractivity contribution in [3.63, 3.8) is 0 Å². The molecule has 2 amide bonds. The van der Waals surface area contributed by atoms with Gasteiger partial charge in [-0.25, -0.2) is 0 Å². The number of hydrogen-bond donors (Lipinski definition) is 2. The molecule has 0 spiro atoms. The molecule has 2 rings (SSSR count). The Kier molecular flexibility index (Phi) is 6.39. The highest BCUT2D eigenvalue weighted by molar-refractivity contribution is 5.95. The summed E-state index contributed by atoms with van der Waals surface area (Å²) in [5.41, 5.74) is 1.22. The molecule has 0 aliphatic heterocycles. The number of carbonyl (C=O) groups excluding carboxylic acids is 2. The van der Waals surface area contributed by atoms with Gasteiger partial charge in [0.1, 0.15) is 11.5 Å². The third-order valence-electron chi connectivity index (χ3n) is 3.48. The van der Waals surface area contributed by atoms with Gasteiger partial charge < -0.3 is 20.1 Å². The van der Waals surface area contributed by atoms with Crippen molar-refractivity contribution in [2.45, 2.75) is 26.4 Å². The lowest BCUT2D eigenvalue weighted by Gasteiger charge is -2.15. The van der Waals surface area contributed by atoms with Crippen molar-refractivity contribution < 1.29 is 19.1 Å². The topological polar surface area (TPSA) is 76.7 Å². The summed E-state index contributed by atoms with van der Waals surface area (Å²) in [6.07, 6.45) is -0.286. The second kappa shape index (κ2) is 8.73. The van der Waals surface area contributed by atoms with Crippen LogP contribution < -0.4 is 20.1 Å². The Morgan fingerprint density at radius 2 is 1.60 bits per heavy atom. The maximum absolute atomic E-state index is 12.3. The summed E-state index contributed by atoms with van der Waals surface area (Å²) < 4.78 is 10.7. The number of carbonyl (C=O) groups is 2. The quantitative estimate of drug-likeness (QED) is 0.808. The molecule has 0 heterocycles. The fourth-order valence-electron chi connectivity index (χ4n) is 2.08. The summed E-state index contributed by atoms with van der Waals surface area (Å²) in [4.78, 5) is 23.7. The van der Waals surface area contributed by atoms with Gasteiger partial charge in [0.25, 0.3) is 5.91 Å². The smallest absolute Gasteiger partial charge is 0.265 e. The van der Waals surface area contributed by atoms with Crippen LogP contribution in [0.15, 0.2) is 48.5 Å². The van der Waals surface area contributed by atoms with Crippen LogP contribution in [0.1, 0.15) is 20.3 Å². The van der Waals surface area contributed by atoms with Gasteiger partial charge in [-0.3, -0.25) is 9.59 Å². The van der Waals surface area contributed by atoms with Gasteiger partial charge in [0, 0.05) is 17.8 Å². The molecule has 6 heteroatoms. The van der Waals surface area contributed by atoms with Crippen molar-refractivity contribution in [2.75, 3.05) is 17.7 Å². The molecule has 0 aromatic heterocycles. The zero-order chi connectivity index (χ0) is 18.2. The van der Waals surface area contributed by atoms with Gasteiger partial charge in [-0.15, -0.1) is 0 Å². The minimum atomic E-state index is -0.678. The van der Waals surface area contributed by atoms with Crippen LogP contribution in [-0.2, 0) is 9.59 Å². The molecule has 2 N–H and O–H groups in total. The Morgan fingerprint density at radius 3 is 2.20 bits per heavy atom. The van der Waals surface area contributed by atoms with E-state index in [1.807, 2.05) is 0 Å². The average molecular weight is 342 g/mol. The van der Waals surface area contributed by atoms with Crippen LogP contribution in [-0.4, -0.2) is 25.0 Å². The number of amides is 2. The van der Waals surface area contributed by atoms with Crippen molar-refractivity contribution in [2.24, 2.45) is 0 Å². The number of hydrogen-bond acceptors (Lipinski definition) is 4. The molecule has 0 unspecified atom stereocenters. The number of rotatable bonds is 7. The fraction of sp³-hybridized carbons (Fsp3) is 0.263. The predicted octanol–water partition coefficient (Wildman–Crippen LogP) is 3.45. The molecule has 0 radical (unpaired) electrons. The number of benzene rings is 2. The Bertz CT molecular complexity index is 728. The zero-order valence-electron chi connectivity index (χ0n) is 14.5. The van der Waals surface area contributed by atoms with E-state index in [2.05, 4.69) is 10.6 Å². The Labute approximate surface area is 147 Å². The minimum Gasteiger partial charge on any atom is -0.497 e. The Balaban J connectivity index is 1.95. The molecular weight excluding hydrogens is 320 g/mol. The summed E-state index contributed by atoms with van der Waals surface area (Å²) in [5, 5.41) is 5.53. The largest absolute Gasteiger partial charge is 0.497 e. The van der Waals surface area contributed by atoms with Gasteiger partial charge in [0.15, 0.2) is 6.10 Å². The molecule has 0 bridgehead atoms. The van der Waals surface area contributed by atoms with E-state index in [1.165, 1.54) is 0 Å². The third kappa shape index (κ3) is 5.53. The van der Waals surface area contributed by atoms with Crippen LogP contribution >= 0.6 is 0 Å². The Morgan fingerprint density at radius 1 is 1.00 bits per heavy atom. The van der Waals surface area contributed by atoms with Crippen LogP contribution in [0, 0.1) is 0 Å². The van der Waals surface area contributed by atoms with Crippen molar-refractivity contribution in [3.8, 4) is 11.5 Å². The average Bonchev–Trinajstić information content (AvgIpc) is 2.62. The Hall–Kier alpha value is -3.02. The maximum atomic E-state index is 12.3. The normalized spacial score (nSPS) is 11.3. The molecule has 0 fully saturated rings. The lowest BCUT2D eigenvalue weighted by Crippen LogP contribution is -2.30. The monoisotopic (exact) mass is 342 g/mol. The summed E-state index contributed by atoms with van der Waals surface area (Å²) in [6.45, 7) is 3.45. The van der Waals surface area contributed by atoms with E-state index in [9.17, 15) is 9.59 Å². The van der Waals surface area contributed by atoms with Gasteiger partial charge in [0.05, 0.1) is 7.11 Å². The van der Waals surface area contributed by atoms with Crippen molar-refractivity contribution in [3.05, 3.63) is 48.5 Å². The second-order valence-electron chi connectivity index (χ2n) is 5.41. The van der Waals surface area contributed by atoms with Gasteiger partial charge in [-0.1, -0.05) is 13.0 Å². The van der Waals surface area contributed by atoms with Gasteiger partial charge in [0.2, 0.25) is 5.91 Å². The minimum absolute atomic E-state index is 0.0836. The maximum Gasteiger partial charge on any atom is 0.265 e. The van der Waals surface area contributed by atoms with Gasteiger partial charge in [-0.05, 0) is 49.4 Å². The molecule has 2 aromatic rings. The predicted molar refractivity (Wildman–Crippen MR) is 97.1 cm³/mol. The van der Waals surface area contributed by atoms with E-state index in [-0.39, 0.29) is 11.8 Å². The van der Waals surface area contributed by atoms with Crippen LogP contribution in [0.5, 0.6) is 11.5 Å². The van der Waals surface area contributed by atoms with Crippen LogP contribution in [0.4, 0.5) is 11.4 Å². The van der Waals surface area contributed by atoms with Crippen molar-refractivity contribution >= 4 is 23.2 Å². The lowest BCUT2D eigenvalue weighted by atomic mass is 10.2. The standard InChI is InChI=1S/C19H22N2O4/c1-4-18(22)20-14-6-5-7-15(12-14)21-19(23)13(2)25-17-10-8-16(24-3)9-11-17/h5-13H,4H2,1-3H3,(H,20,22)(H,21,23)/t13-/m0/s1. The van der Waals surface area contributed by atoms with Gasteiger partial charge in [-0.2, -0.15) is 0 Å². The number of anilines is 2. The van der Waals surface area contributed by atoms with Gasteiger partial charge >= 0.3 is 0 Å². The number of ether oxygens (including phenoxy) is 2. The van der Waals surface area contributed by atoms with E-state index in [1.54, 1.807) is 69.5 Å². The highest BCUT2D eigenvalue weighted by atomic mass is 16.5. The molecule has 0 aliphatic rings. The van der Waals surface area contributed by atoms with E-state index in [0.717, 1.165) is 5.75 Å². The molecular formula is C19H22N2O4. The SMILES string of the molecule is CCC(=O)Nc1cccc(NC(=O)[C@H](C)Oc2ccc(OC)cc2)c1. The fourth-order valence-corrected chi connectivity index (χ4v) is 2.08. The van der Waals surface area contributed by atoms with Crippen LogP contribution in [0.2, 0.25) is 0 Å². The van der Waals surface area contributed by atoms with Crippen LogP contribution in [0.25, 0.3) is 0 Å². The number of methoxy groups -OCH3 is 1. The molecule has 0 saturated heterocycles. The molecule has 2 aromatic carbocycles. The van der Waals surface area contributed by atoms with E-state index >= 15 is 0 Å². The van der Waals surface area contributed by atoms with E-state index in [0.29, 0.717) is 23.5 Å². The molecule has 1 atom stereocenters. The first-order valence-electron chi connectivity index (χ1n) is 8.03. The first-order chi connectivity index (χ1) is 12.0. The van der Waals surface area contributed by atoms with Crippen LogP contribution in [0.3, 0.4) is 0 Å². The molecule has 25 heavy (non-hydrogen) atoms. The molecule has 6 nitrogen and oxygen atoms in total. The summed E-state index contributed by atoms with van der Waals surface area (Å²) >= 11 is 0. The number of nitrogens with one attached hydrogen (secondary N) is 2. The van der Waals surface area contributed by atoms with Crippen molar-refractivity contribution in [1.82, 2.24) is 0 Å². The summed E-state index contributed by atoms with van der Waals surface area (Å²) in [5.74, 6) is 0.928. The first-order valence-corrected chi connectivity index (χ1v) is 8.03. The first kappa shape index (κ1) is 18.3. The molecule has 0 saturated carbocycles. The van der Waals surface area contributed by atoms with E-state index < -0.39 is 6.10 Å². The highest BCUT2D eigenvalue weighted by Crippen LogP contribution is 2.19. The molecule has 132 valence electrons. The second-order valence-corrected chi connectivity index (χ2v) is 5.41. The molecule has 0 aliphatic carbocycles. The van der Waals surface area contributed by atoms with Crippen molar-refractivity contribution in [1.29, 1.82) is 0 Å². The summed E-state index contributed by atoms with van der Waals surface area (Å²) in [6, 6.07) is 14.0. The highest BCUT2D eigenvalue weighted by Gasteiger charge is 2.15. The van der Waals surface area contributed by atoms with E-state index in [4.69, 9.17) is 9.47 Å². The third-order valence-corrected chi connectivity index (χ3v) is 3.48. The lowest BCUT2D eigenvalue weighted by molar-refractivity contribution is -0.122. The zero-order valence-corrected chi connectivity index (χ0v) is 14.5. The summed E-state index contributed by atoms with van der Waals surface area (Å²) in [7, 11) is 1.59.